The quantitative estimate of drug-likeness (QED) is 0.749. The maximum absolute atomic E-state index is 12.1. The van der Waals surface area contributed by atoms with Gasteiger partial charge in [0.25, 0.3) is 0 Å². The molecule has 0 amide bonds. The lowest BCUT2D eigenvalue weighted by Crippen LogP contribution is -2.40. The fourth-order valence-electron chi connectivity index (χ4n) is 2.60. The Morgan fingerprint density at radius 3 is 2.83 bits per heavy atom. The molecule has 1 aliphatic heterocycles. The molecule has 0 spiro atoms. The van der Waals surface area contributed by atoms with Crippen LogP contribution in [0.15, 0.2) is 28.1 Å². The monoisotopic (exact) mass is 370 g/mol. The van der Waals surface area contributed by atoms with Crippen molar-refractivity contribution in [1.29, 1.82) is 0 Å². The van der Waals surface area contributed by atoms with Crippen molar-refractivity contribution < 1.29 is 22.5 Å². The SMILES string of the molecule is CS(=O)(=O)N1CCC(C(=O)OCc2cc(-c3cccs3)on2)CC1. The number of esters is 1. The lowest BCUT2D eigenvalue weighted by atomic mass is 9.98. The first kappa shape index (κ1) is 17.1. The number of hydrogen-bond donors (Lipinski definition) is 0. The van der Waals surface area contributed by atoms with Gasteiger partial charge in [-0.1, -0.05) is 11.2 Å². The average Bonchev–Trinajstić information content (AvgIpc) is 3.23. The lowest BCUT2D eigenvalue weighted by Gasteiger charge is -2.28. The molecule has 1 saturated heterocycles. The Hall–Kier alpha value is -1.71. The summed E-state index contributed by atoms with van der Waals surface area (Å²) >= 11 is 1.54. The van der Waals surface area contributed by atoms with Gasteiger partial charge in [0, 0.05) is 19.2 Å². The minimum atomic E-state index is -3.19. The molecule has 2 aromatic heterocycles. The maximum atomic E-state index is 12.1. The highest BCUT2D eigenvalue weighted by Gasteiger charge is 2.30. The fraction of sp³-hybridized carbons (Fsp3) is 0.467. The van der Waals surface area contributed by atoms with Crippen LogP contribution in [-0.4, -0.2) is 43.2 Å². The van der Waals surface area contributed by atoms with Crippen LogP contribution in [0.5, 0.6) is 0 Å². The van der Waals surface area contributed by atoms with Crippen LogP contribution in [0.3, 0.4) is 0 Å². The molecule has 24 heavy (non-hydrogen) atoms. The molecule has 0 saturated carbocycles. The Labute approximate surface area is 144 Å². The van der Waals surface area contributed by atoms with Crippen molar-refractivity contribution in [3.05, 3.63) is 29.3 Å². The van der Waals surface area contributed by atoms with Crippen LogP contribution >= 0.6 is 11.3 Å². The van der Waals surface area contributed by atoms with Crippen LogP contribution in [0.25, 0.3) is 10.6 Å². The minimum Gasteiger partial charge on any atom is -0.459 e. The summed E-state index contributed by atoms with van der Waals surface area (Å²) in [4.78, 5) is 13.1. The van der Waals surface area contributed by atoms with Crippen molar-refractivity contribution in [2.24, 2.45) is 5.92 Å². The average molecular weight is 370 g/mol. The van der Waals surface area contributed by atoms with E-state index in [1.54, 1.807) is 17.4 Å². The first-order valence-electron chi connectivity index (χ1n) is 7.55. The summed E-state index contributed by atoms with van der Waals surface area (Å²) in [7, 11) is -3.19. The molecule has 0 unspecified atom stereocenters. The van der Waals surface area contributed by atoms with Gasteiger partial charge in [-0.25, -0.2) is 12.7 Å². The topological polar surface area (TPSA) is 89.7 Å². The Kier molecular flexibility index (Phi) is 5.02. The predicted molar refractivity (Wildman–Crippen MR) is 88.8 cm³/mol. The van der Waals surface area contributed by atoms with E-state index in [9.17, 15) is 13.2 Å². The highest BCUT2D eigenvalue weighted by atomic mass is 32.2. The van der Waals surface area contributed by atoms with E-state index in [1.165, 1.54) is 10.6 Å². The number of thiophene rings is 1. The third-order valence-corrected chi connectivity index (χ3v) is 6.13. The van der Waals surface area contributed by atoms with Gasteiger partial charge in [0.2, 0.25) is 10.0 Å². The first-order valence-corrected chi connectivity index (χ1v) is 10.3. The summed E-state index contributed by atoms with van der Waals surface area (Å²) in [6.45, 7) is 0.760. The summed E-state index contributed by atoms with van der Waals surface area (Å²) in [6, 6.07) is 5.60. The number of carbonyl (C=O) groups excluding carboxylic acids is 1. The number of ether oxygens (including phenoxy) is 1. The third-order valence-electron chi connectivity index (χ3n) is 3.94. The first-order chi connectivity index (χ1) is 11.4. The molecule has 0 aliphatic carbocycles. The van der Waals surface area contributed by atoms with Crippen LogP contribution in [0, 0.1) is 5.92 Å². The van der Waals surface area contributed by atoms with E-state index in [2.05, 4.69) is 5.16 Å². The van der Waals surface area contributed by atoms with Crippen LogP contribution in [-0.2, 0) is 26.2 Å². The number of nitrogens with zero attached hydrogens (tertiary/aromatic N) is 2. The highest BCUT2D eigenvalue weighted by molar-refractivity contribution is 7.88. The zero-order valence-corrected chi connectivity index (χ0v) is 14.8. The van der Waals surface area contributed by atoms with Gasteiger partial charge in [-0.15, -0.1) is 11.3 Å². The molecule has 2 aromatic rings. The van der Waals surface area contributed by atoms with Gasteiger partial charge in [0.05, 0.1) is 17.1 Å². The van der Waals surface area contributed by atoms with Crippen molar-refractivity contribution in [1.82, 2.24) is 9.46 Å². The molecule has 0 bridgehead atoms. The van der Waals surface area contributed by atoms with Crippen LogP contribution < -0.4 is 0 Å². The number of hydrogen-bond acceptors (Lipinski definition) is 7. The van der Waals surface area contributed by atoms with Gasteiger partial charge < -0.3 is 9.26 Å². The largest absolute Gasteiger partial charge is 0.459 e. The number of rotatable bonds is 5. The van der Waals surface area contributed by atoms with E-state index in [0.717, 1.165) is 4.88 Å². The predicted octanol–water partition coefficient (Wildman–Crippen LogP) is 2.12. The van der Waals surface area contributed by atoms with Crippen LogP contribution in [0.2, 0.25) is 0 Å². The zero-order valence-electron chi connectivity index (χ0n) is 13.2. The zero-order chi connectivity index (χ0) is 17.2. The molecular formula is C15H18N2O5S2. The van der Waals surface area contributed by atoms with Crippen LogP contribution in [0.4, 0.5) is 0 Å². The molecule has 9 heteroatoms. The Bertz CT molecular complexity index is 790. The second-order valence-corrected chi connectivity index (χ2v) is 8.63. The molecule has 1 aliphatic rings. The van der Waals surface area contributed by atoms with Gasteiger partial charge in [-0.05, 0) is 24.3 Å². The second kappa shape index (κ2) is 7.04. The molecule has 3 rings (SSSR count). The minimum absolute atomic E-state index is 0.0556. The van der Waals surface area contributed by atoms with Gasteiger partial charge in [-0.3, -0.25) is 4.79 Å². The van der Waals surface area contributed by atoms with E-state index in [0.29, 0.717) is 37.4 Å². The normalized spacial score (nSPS) is 17.0. The molecule has 3 heterocycles. The number of sulfonamides is 1. The number of carbonyl (C=O) groups is 1. The van der Waals surface area contributed by atoms with Gasteiger partial charge in [-0.2, -0.15) is 0 Å². The van der Waals surface area contributed by atoms with Crippen molar-refractivity contribution in [3.63, 3.8) is 0 Å². The lowest BCUT2D eigenvalue weighted by molar-refractivity contribution is -0.151. The van der Waals surface area contributed by atoms with E-state index in [1.807, 2.05) is 17.5 Å². The van der Waals surface area contributed by atoms with Crippen molar-refractivity contribution >= 4 is 27.3 Å². The van der Waals surface area contributed by atoms with Crippen molar-refractivity contribution in [3.8, 4) is 10.6 Å². The molecule has 0 radical (unpaired) electrons. The van der Waals surface area contributed by atoms with E-state index in [4.69, 9.17) is 9.26 Å². The van der Waals surface area contributed by atoms with E-state index >= 15 is 0 Å². The summed E-state index contributed by atoms with van der Waals surface area (Å²) in [5, 5.41) is 5.85. The second-order valence-electron chi connectivity index (χ2n) is 5.70. The smallest absolute Gasteiger partial charge is 0.309 e. The van der Waals surface area contributed by atoms with Gasteiger partial charge in [0.1, 0.15) is 12.3 Å². The van der Waals surface area contributed by atoms with Gasteiger partial charge >= 0.3 is 5.97 Å². The third kappa shape index (κ3) is 4.03. The van der Waals surface area contributed by atoms with E-state index < -0.39 is 10.0 Å². The maximum Gasteiger partial charge on any atom is 0.309 e. The molecule has 0 N–H and O–H groups in total. The van der Waals surface area contributed by atoms with E-state index in [-0.39, 0.29) is 18.5 Å². The molecular weight excluding hydrogens is 352 g/mol. The molecule has 130 valence electrons. The van der Waals surface area contributed by atoms with Crippen molar-refractivity contribution in [2.45, 2.75) is 19.4 Å². The van der Waals surface area contributed by atoms with Gasteiger partial charge in [0.15, 0.2) is 5.76 Å². The van der Waals surface area contributed by atoms with Crippen LogP contribution in [0.1, 0.15) is 18.5 Å². The Morgan fingerprint density at radius 2 is 2.21 bits per heavy atom. The summed E-state index contributed by atoms with van der Waals surface area (Å²) in [6.07, 6.45) is 2.14. The standard InChI is InChI=1S/C15H18N2O5S2/c1-24(19,20)17-6-4-11(5-7-17)15(18)21-10-12-9-13(22-16-12)14-3-2-8-23-14/h2-3,8-9,11H,4-7,10H2,1H3. The summed E-state index contributed by atoms with van der Waals surface area (Å²) in [5.41, 5.74) is 0.556. The summed E-state index contributed by atoms with van der Waals surface area (Å²) < 4.78 is 34.8. The number of piperidine rings is 1. The molecule has 1 fully saturated rings. The molecule has 0 atom stereocenters. The van der Waals surface area contributed by atoms with Crippen molar-refractivity contribution in [2.75, 3.05) is 19.3 Å². The Balaban J connectivity index is 1.50. The fourth-order valence-corrected chi connectivity index (χ4v) is 4.15. The highest BCUT2D eigenvalue weighted by Crippen LogP contribution is 2.26. The Morgan fingerprint density at radius 1 is 1.46 bits per heavy atom. The molecule has 7 nitrogen and oxygen atoms in total. The molecule has 0 aromatic carbocycles. The summed E-state index contributed by atoms with van der Waals surface area (Å²) in [5.74, 6) is 0.0630. The number of aromatic nitrogens is 1.